The van der Waals surface area contributed by atoms with Crippen LogP contribution in [0.5, 0.6) is 0 Å². The normalized spacial score (nSPS) is 10.8. The molecule has 3 aromatic heterocycles. The van der Waals surface area contributed by atoms with Crippen molar-refractivity contribution >= 4 is 17.9 Å². The molecule has 26 heavy (non-hydrogen) atoms. The van der Waals surface area contributed by atoms with Gasteiger partial charge in [-0.25, -0.2) is 19.9 Å². The Balaban J connectivity index is 1.53. The van der Waals surface area contributed by atoms with Gasteiger partial charge in [-0.3, -0.25) is 14.9 Å². The average molecular weight is 351 g/mol. The summed E-state index contributed by atoms with van der Waals surface area (Å²) in [5.74, 6) is 1.29. The minimum Gasteiger partial charge on any atom is -0.347 e. The van der Waals surface area contributed by atoms with Gasteiger partial charge in [0.1, 0.15) is 11.5 Å². The number of carbonyl (C=O) groups excluding carboxylic acids is 1. The van der Waals surface area contributed by atoms with E-state index in [1.165, 1.54) is 6.08 Å². The van der Waals surface area contributed by atoms with Crippen LogP contribution in [0.15, 0.2) is 37.1 Å². The second kappa shape index (κ2) is 7.92. The lowest BCUT2D eigenvalue weighted by Crippen LogP contribution is -2.21. The number of nitrogens with one attached hydrogen (secondary N) is 2. The minimum atomic E-state index is -0.265. The van der Waals surface area contributed by atoms with Crippen molar-refractivity contribution in [2.45, 2.75) is 6.54 Å². The number of anilines is 1. The number of hydrogen-bond acceptors (Lipinski definition) is 8. The van der Waals surface area contributed by atoms with E-state index < -0.39 is 0 Å². The molecule has 0 aliphatic heterocycles. The zero-order valence-corrected chi connectivity index (χ0v) is 14.3. The lowest BCUT2D eigenvalue weighted by atomic mass is 10.3. The van der Waals surface area contributed by atoms with Gasteiger partial charge in [0.2, 0.25) is 17.7 Å². The SMILES string of the molecule is CN(C)c1ncc(/C=C/C(=O)NCc2nc(-c3cnccn3)n[nH]2)cn1. The van der Waals surface area contributed by atoms with Crippen LogP contribution >= 0.6 is 0 Å². The fraction of sp³-hybridized carbons (Fsp3) is 0.188. The second-order valence-electron chi connectivity index (χ2n) is 5.46. The third-order valence-corrected chi connectivity index (χ3v) is 3.24. The van der Waals surface area contributed by atoms with E-state index in [1.807, 2.05) is 14.1 Å². The van der Waals surface area contributed by atoms with Gasteiger partial charge in [-0.05, 0) is 6.08 Å². The smallest absolute Gasteiger partial charge is 0.244 e. The van der Waals surface area contributed by atoms with E-state index in [-0.39, 0.29) is 12.5 Å². The molecule has 0 fully saturated rings. The maximum atomic E-state index is 11.9. The van der Waals surface area contributed by atoms with Crippen LogP contribution in [0.25, 0.3) is 17.6 Å². The predicted molar refractivity (Wildman–Crippen MR) is 94.6 cm³/mol. The van der Waals surface area contributed by atoms with Crippen LogP contribution < -0.4 is 10.2 Å². The highest BCUT2D eigenvalue weighted by Crippen LogP contribution is 2.08. The van der Waals surface area contributed by atoms with Gasteiger partial charge in [0.05, 0.1) is 12.7 Å². The molecule has 0 atom stereocenters. The first kappa shape index (κ1) is 17.1. The van der Waals surface area contributed by atoms with E-state index in [1.54, 1.807) is 42.0 Å². The van der Waals surface area contributed by atoms with Crippen molar-refractivity contribution in [2.75, 3.05) is 19.0 Å². The number of amides is 1. The summed E-state index contributed by atoms with van der Waals surface area (Å²) in [7, 11) is 3.72. The molecule has 2 N–H and O–H groups in total. The molecular weight excluding hydrogens is 334 g/mol. The second-order valence-corrected chi connectivity index (χ2v) is 5.46. The molecule has 0 aromatic carbocycles. The minimum absolute atomic E-state index is 0.215. The number of hydrogen-bond donors (Lipinski definition) is 2. The Morgan fingerprint density at radius 3 is 2.69 bits per heavy atom. The number of H-pyrrole nitrogens is 1. The fourth-order valence-electron chi connectivity index (χ4n) is 1.95. The molecule has 0 unspecified atom stereocenters. The molecule has 3 heterocycles. The summed E-state index contributed by atoms with van der Waals surface area (Å²) in [5.41, 5.74) is 1.29. The van der Waals surface area contributed by atoms with E-state index in [4.69, 9.17) is 0 Å². The molecule has 0 saturated carbocycles. The molecule has 3 rings (SSSR count). The molecule has 132 valence electrons. The fourth-order valence-corrected chi connectivity index (χ4v) is 1.95. The quantitative estimate of drug-likeness (QED) is 0.613. The summed E-state index contributed by atoms with van der Waals surface area (Å²) in [6, 6.07) is 0. The monoisotopic (exact) mass is 351 g/mol. The van der Waals surface area contributed by atoms with Gasteiger partial charge in [-0.1, -0.05) is 0 Å². The highest BCUT2D eigenvalue weighted by molar-refractivity contribution is 5.91. The molecule has 0 bridgehead atoms. The average Bonchev–Trinajstić information content (AvgIpc) is 3.15. The van der Waals surface area contributed by atoms with E-state index in [0.29, 0.717) is 23.3 Å². The summed E-state index contributed by atoms with van der Waals surface area (Å²) < 4.78 is 0. The first-order valence-corrected chi connectivity index (χ1v) is 7.75. The topological polar surface area (TPSA) is 125 Å². The molecular formula is C16H17N9O. The Morgan fingerprint density at radius 2 is 2.00 bits per heavy atom. The van der Waals surface area contributed by atoms with Gasteiger partial charge in [-0.2, -0.15) is 5.10 Å². The van der Waals surface area contributed by atoms with Crippen molar-refractivity contribution in [3.63, 3.8) is 0 Å². The predicted octanol–water partition coefficient (Wildman–Crippen LogP) is 0.447. The van der Waals surface area contributed by atoms with Crippen molar-refractivity contribution in [3.05, 3.63) is 48.4 Å². The number of aromatic amines is 1. The van der Waals surface area contributed by atoms with Crippen LogP contribution in [-0.2, 0) is 11.3 Å². The van der Waals surface area contributed by atoms with Crippen molar-refractivity contribution in [3.8, 4) is 11.5 Å². The summed E-state index contributed by atoms with van der Waals surface area (Å²) >= 11 is 0. The van der Waals surface area contributed by atoms with Gasteiger partial charge in [0, 0.05) is 50.5 Å². The van der Waals surface area contributed by atoms with Gasteiger partial charge in [0.25, 0.3) is 0 Å². The summed E-state index contributed by atoms with van der Waals surface area (Å²) in [6.07, 6.45) is 11.0. The molecule has 0 aliphatic carbocycles. The lowest BCUT2D eigenvalue weighted by molar-refractivity contribution is -0.116. The third-order valence-electron chi connectivity index (χ3n) is 3.24. The van der Waals surface area contributed by atoms with Crippen LogP contribution in [0.2, 0.25) is 0 Å². The summed E-state index contributed by atoms with van der Waals surface area (Å²) in [5, 5.41) is 9.53. The van der Waals surface area contributed by atoms with E-state index in [0.717, 1.165) is 5.56 Å². The third kappa shape index (κ3) is 4.44. The highest BCUT2D eigenvalue weighted by Gasteiger charge is 2.07. The molecule has 0 radical (unpaired) electrons. The number of carbonyl (C=O) groups is 1. The van der Waals surface area contributed by atoms with Crippen molar-refractivity contribution in [1.82, 2.24) is 40.4 Å². The number of nitrogens with zero attached hydrogens (tertiary/aromatic N) is 7. The Kier molecular flexibility index (Phi) is 5.22. The van der Waals surface area contributed by atoms with Gasteiger partial charge < -0.3 is 10.2 Å². The van der Waals surface area contributed by atoms with Crippen LogP contribution in [0.1, 0.15) is 11.4 Å². The van der Waals surface area contributed by atoms with E-state index >= 15 is 0 Å². The largest absolute Gasteiger partial charge is 0.347 e. The molecule has 0 aliphatic rings. The Bertz CT molecular complexity index is 888. The molecule has 3 aromatic rings. The molecule has 10 heteroatoms. The maximum absolute atomic E-state index is 11.9. The Labute approximate surface area is 149 Å². The molecule has 0 saturated heterocycles. The standard InChI is InChI=1S/C16H17N9O/c1-25(2)16-20-7-11(8-21-16)3-4-14(26)19-10-13-22-15(24-23-13)12-9-17-5-6-18-12/h3-9H,10H2,1-2H3,(H,19,26)(H,22,23,24)/b4-3+. The van der Waals surface area contributed by atoms with Gasteiger partial charge in [0.15, 0.2) is 0 Å². The molecule has 0 spiro atoms. The number of aromatic nitrogens is 7. The first-order chi connectivity index (χ1) is 12.6. The Morgan fingerprint density at radius 1 is 1.19 bits per heavy atom. The lowest BCUT2D eigenvalue weighted by Gasteiger charge is -2.08. The Hall–Kier alpha value is -3.69. The molecule has 1 amide bonds. The zero-order chi connectivity index (χ0) is 18.4. The highest BCUT2D eigenvalue weighted by atomic mass is 16.1. The number of rotatable bonds is 6. The van der Waals surface area contributed by atoms with Crippen molar-refractivity contribution in [1.29, 1.82) is 0 Å². The van der Waals surface area contributed by atoms with E-state index in [2.05, 4.69) is 40.4 Å². The summed E-state index contributed by atoms with van der Waals surface area (Å²) in [6.45, 7) is 0.215. The van der Waals surface area contributed by atoms with Crippen LogP contribution in [0.3, 0.4) is 0 Å². The van der Waals surface area contributed by atoms with Crippen molar-refractivity contribution in [2.24, 2.45) is 0 Å². The van der Waals surface area contributed by atoms with Crippen LogP contribution in [-0.4, -0.2) is 55.1 Å². The molecule has 10 nitrogen and oxygen atoms in total. The van der Waals surface area contributed by atoms with Gasteiger partial charge in [-0.15, -0.1) is 0 Å². The summed E-state index contributed by atoms with van der Waals surface area (Å²) in [4.78, 5) is 34.4. The van der Waals surface area contributed by atoms with Gasteiger partial charge >= 0.3 is 0 Å². The van der Waals surface area contributed by atoms with E-state index in [9.17, 15) is 4.79 Å². The van der Waals surface area contributed by atoms with Crippen molar-refractivity contribution < 1.29 is 4.79 Å². The van der Waals surface area contributed by atoms with Crippen LogP contribution in [0, 0.1) is 0 Å². The first-order valence-electron chi connectivity index (χ1n) is 7.75. The zero-order valence-electron chi connectivity index (χ0n) is 14.3. The van der Waals surface area contributed by atoms with Crippen LogP contribution in [0.4, 0.5) is 5.95 Å². The maximum Gasteiger partial charge on any atom is 0.244 e.